The Balaban J connectivity index is 2.77. The molecule has 0 amide bonds. The maximum atomic E-state index is 11.8. The molecule has 0 spiro atoms. The van der Waals surface area contributed by atoms with Gasteiger partial charge in [-0.05, 0) is 6.42 Å². The molecule has 0 saturated carbocycles. The predicted octanol–water partition coefficient (Wildman–Crippen LogP) is 4.01. The third-order valence-corrected chi connectivity index (χ3v) is 5.73. The summed E-state index contributed by atoms with van der Waals surface area (Å²) in [7, 11) is 0. The van der Waals surface area contributed by atoms with Gasteiger partial charge < -0.3 is 28.4 Å². The number of rotatable bonds is 17. The lowest BCUT2D eigenvalue weighted by Crippen LogP contribution is -2.63. The topological polar surface area (TPSA) is 124 Å². The fraction of sp³-hybridized carbons (Fsp3) is 0.846. The van der Waals surface area contributed by atoms with Crippen molar-refractivity contribution in [2.75, 3.05) is 13.2 Å². The van der Waals surface area contributed by atoms with Gasteiger partial charge in [-0.25, -0.2) is 0 Å². The van der Waals surface area contributed by atoms with Gasteiger partial charge in [0, 0.05) is 34.3 Å². The lowest BCUT2D eigenvalue weighted by Gasteiger charge is -2.44. The molecule has 1 fully saturated rings. The largest absolute Gasteiger partial charge is 0.463 e. The van der Waals surface area contributed by atoms with E-state index < -0.39 is 54.6 Å². The van der Waals surface area contributed by atoms with Gasteiger partial charge in [-0.3, -0.25) is 19.2 Å². The zero-order valence-electron chi connectivity index (χ0n) is 22.5. The first-order valence-corrected chi connectivity index (χ1v) is 13.1. The van der Waals surface area contributed by atoms with E-state index >= 15 is 0 Å². The molecule has 0 N–H and O–H groups in total. The van der Waals surface area contributed by atoms with Crippen molar-refractivity contribution in [3.8, 4) is 0 Å². The standard InChI is InChI=1S/C26H44O10/c1-6-7-8-9-10-11-12-13-14-15-16-31-26-25(35-21(5)30)24(34-20(4)29)23(33-19(3)28)22(36-26)17-32-18(2)27/h22-26H,6-17H2,1-5H3. The lowest BCUT2D eigenvalue weighted by molar-refractivity contribution is -0.308. The lowest BCUT2D eigenvalue weighted by atomic mass is 9.98. The molecule has 5 unspecified atom stereocenters. The molecule has 0 radical (unpaired) electrons. The van der Waals surface area contributed by atoms with Crippen LogP contribution in [-0.4, -0.2) is 67.8 Å². The fourth-order valence-electron chi connectivity index (χ4n) is 4.11. The molecule has 1 rings (SSSR count). The van der Waals surface area contributed by atoms with Crippen LogP contribution in [0.1, 0.15) is 98.8 Å². The first-order chi connectivity index (χ1) is 17.1. The minimum Gasteiger partial charge on any atom is -0.463 e. The van der Waals surface area contributed by atoms with Crippen molar-refractivity contribution in [2.24, 2.45) is 0 Å². The van der Waals surface area contributed by atoms with Gasteiger partial charge in [-0.2, -0.15) is 0 Å². The maximum Gasteiger partial charge on any atom is 0.303 e. The van der Waals surface area contributed by atoms with Crippen molar-refractivity contribution < 1.29 is 47.6 Å². The van der Waals surface area contributed by atoms with Crippen LogP contribution in [0.5, 0.6) is 0 Å². The van der Waals surface area contributed by atoms with Crippen LogP contribution in [0.2, 0.25) is 0 Å². The molecule has 0 aromatic carbocycles. The Hall–Kier alpha value is -2.20. The molecule has 1 aliphatic rings. The molecule has 10 nitrogen and oxygen atoms in total. The van der Waals surface area contributed by atoms with Gasteiger partial charge in [0.25, 0.3) is 0 Å². The smallest absolute Gasteiger partial charge is 0.303 e. The van der Waals surface area contributed by atoms with E-state index in [1.807, 2.05) is 0 Å². The molecule has 0 aliphatic carbocycles. The van der Waals surface area contributed by atoms with Gasteiger partial charge >= 0.3 is 23.9 Å². The van der Waals surface area contributed by atoms with Gasteiger partial charge in [-0.15, -0.1) is 0 Å². The van der Waals surface area contributed by atoms with Crippen LogP contribution >= 0.6 is 0 Å². The van der Waals surface area contributed by atoms with E-state index in [4.69, 9.17) is 28.4 Å². The molecule has 36 heavy (non-hydrogen) atoms. The molecule has 5 atom stereocenters. The Morgan fingerprint density at radius 2 is 1.08 bits per heavy atom. The summed E-state index contributed by atoms with van der Waals surface area (Å²) in [5.41, 5.74) is 0. The van der Waals surface area contributed by atoms with Gasteiger partial charge in [0.05, 0.1) is 0 Å². The van der Waals surface area contributed by atoms with Crippen LogP contribution in [0.25, 0.3) is 0 Å². The second-order valence-corrected chi connectivity index (χ2v) is 9.12. The quantitative estimate of drug-likeness (QED) is 0.159. The first-order valence-electron chi connectivity index (χ1n) is 13.1. The average Bonchev–Trinajstić information content (AvgIpc) is 2.78. The van der Waals surface area contributed by atoms with E-state index in [1.54, 1.807) is 0 Å². The summed E-state index contributed by atoms with van der Waals surface area (Å²) >= 11 is 0. The molecule has 208 valence electrons. The number of ether oxygens (including phenoxy) is 6. The minimum absolute atomic E-state index is 0.268. The molecule has 1 saturated heterocycles. The minimum atomic E-state index is -1.21. The fourth-order valence-corrected chi connectivity index (χ4v) is 4.11. The van der Waals surface area contributed by atoms with E-state index in [2.05, 4.69) is 6.92 Å². The first kappa shape index (κ1) is 31.8. The van der Waals surface area contributed by atoms with Crippen LogP contribution in [0.4, 0.5) is 0 Å². The van der Waals surface area contributed by atoms with Crippen LogP contribution in [0.3, 0.4) is 0 Å². The number of hydrogen-bond acceptors (Lipinski definition) is 10. The zero-order valence-corrected chi connectivity index (χ0v) is 22.5. The Morgan fingerprint density at radius 1 is 0.611 bits per heavy atom. The summed E-state index contributed by atoms with van der Waals surface area (Å²) in [6.07, 6.45) is 5.99. The highest BCUT2D eigenvalue weighted by atomic mass is 16.7. The summed E-state index contributed by atoms with van der Waals surface area (Å²) in [4.78, 5) is 46.8. The van der Waals surface area contributed by atoms with Gasteiger partial charge in [0.15, 0.2) is 24.6 Å². The van der Waals surface area contributed by atoms with Crippen molar-refractivity contribution in [1.82, 2.24) is 0 Å². The molecule has 1 aliphatic heterocycles. The zero-order chi connectivity index (χ0) is 26.9. The number of esters is 4. The van der Waals surface area contributed by atoms with Crippen LogP contribution in [-0.2, 0) is 47.6 Å². The molecule has 1 heterocycles. The summed E-state index contributed by atoms with van der Waals surface area (Å²) in [6, 6.07) is 0. The second-order valence-electron chi connectivity index (χ2n) is 9.12. The van der Waals surface area contributed by atoms with Crippen molar-refractivity contribution >= 4 is 23.9 Å². The molecule has 0 aromatic heterocycles. The molecule has 0 aromatic rings. The highest BCUT2D eigenvalue weighted by Gasteiger charge is 2.52. The van der Waals surface area contributed by atoms with E-state index in [-0.39, 0.29) is 6.61 Å². The maximum absolute atomic E-state index is 11.8. The predicted molar refractivity (Wildman–Crippen MR) is 130 cm³/mol. The third-order valence-electron chi connectivity index (χ3n) is 5.73. The average molecular weight is 517 g/mol. The molecule has 10 heteroatoms. The normalized spacial score (nSPS) is 23.5. The molecular formula is C26H44O10. The summed E-state index contributed by atoms with van der Waals surface area (Å²) in [6.45, 7) is 7.07. The summed E-state index contributed by atoms with van der Waals surface area (Å²) < 4.78 is 33.0. The SMILES string of the molecule is CCCCCCCCCCCCOC1OC(COC(C)=O)C(OC(C)=O)C(OC(C)=O)C1OC(C)=O. The Morgan fingerprint density at radius 3 is 1.58 bits per heavy atom. The molecular weight excluding hydrogens is 472 g/mol. The number of carbonyl (C=O) groups excluding carboxylic acids is 4. The Bertz CT molecular complexity index is 680. The van der Waals surface area contributed by atoms with E-state index in [9.17, 15) is 19.2 Å². The van der Waals surface area contributed by atoms with Gasteiger partial charge in [0.1, 0.15) is 12.7 Å². The monoisotopic (exact) mass is 516 g/mol. The third kappa shape index (κ3) is 13.2. The van der Waals surface area contributed by atoms with Gasteiger partial charge in [-0.1, -0.05) is 64.7 Å². The number of hydrogen-bond donors (Lipinski definition) is 0. The second kappa shape index (κ2) is 18.1. The van der Waals surface area contributed by atoms with Crippen molar-refractivity contribution in [1.29, 1.82) is 0 Å². The van der Waals surface area contributed by atoms with E-state index in [0.29, 0.717) is 6.61 Å². The van der Waals surface area contributed by atoms with Crippen LogP contribution in [0.15, 0.2) is 0 Å². The van der Waals surface area contributed by atoms with E-state index in [0.717, 1.165) is 19.3 Å². The van der Waals surface area contributed by atoms with Crippen LogP contribution < -0.4 is 0 Å². The van der Waals surface area contributed by atoms with Crippen molar-refractivity contribution in [2.45, 2.75) is 130 Å². The highest BCUT2D eigenvalue weighted by molar-refractivity contribution is 5.68. The van der Waals surface area contributed by atoms with Crippen LogP contribution in [0, 0.1) is 0 Å². The van der Waals surface area contributed by atoms with E-state index in [1.165, 1.54) is 72.6 Å². The molecule has 0 bridgehead atoms. The Kier molecular flexibility index (Phi) is 16.0. The number of unbranched alkanes of at least 4 members (excludes halogenated alkanes) is 9. The Labute approximate surface area is 214 Å². The van der Waals surface area contributed by atoms with Crippen molar-refractivity contribution in [3.05, 3.63) is 0 Å². The summed E-state index contributed by atoms with van der Waals surface area (Å²) in [5.74, 6) is -2.54. The number of carbonyl (C=O) groups is 4. The highest BCUT2D eigenvalue weighted by Crippen LogP contribution is 2.30. The van der Waals surface area contributed by atoms with Gasteiger partial charge in [0.2, 0.25) is 0 Å². The summed E-state index contributed by atoms with van der Waals surface area (Å²) in [5, 5.41) is 0. The van der Waals surface area contributed by atoms with Crippen molar-refractivity contribution in [3.63, 3.8) is 0 Å².